The summed E-state index contributed by atoms with van der Waals surface area (Å²) in [5, 5.41) is 10.3. The lowest BCUT2D eigenvalue weighted by Gasteiger charge is -2.61. The van der Waals surface area contributed by atoms with Crippen molar-refractivity contribution in [2.24, 2.45) is 46.3 Å². The number of rotatable bonds is 4. The van der Waals surface area contributed by atoms with Gasteiger partial charge < -0.3 is 10.0 Å². The summed E-state index contributed by atoms with van der Waals surface area (Å²) in [4.78, 5) is 15.1. The number of hydrogen-bond acceptors (Lipinski definition) is 2. The summed E-state index contributed by atoms with van der Waals surface area (Å²) < 4.78 is 13.6. The zero-order valence-electron chi connectivity index (χ0n) is 22.6. The van der Waals surface area contributed by atoms with Crippen LogP contribution in [0.4, 0.5) is 10.1 Å². The monoisotopic (exact) mass is 495 g/mol. The van der Waals surface area contributed by atoms with E-state index in [1.807, 2.05) is 4.90 Å². The molecular weight excluding hydrogens is 449 g/mol. The van der Waals surface area contributed by atoms with E-state index in [0.29, 0.717) is 29.7 Å². The van der Waals surface area contributed by atoms with Gasteiger partial charge in [0.1, 0.15) is 5.82 Å². The Morgan fingerprint density at radius 2 is 1.86 bits per heavy atom. The summed E-state index contributed by atoms with van der Waals surface area (Å²) in [5.74, 6) is 4.55. The molecule has 1 aliphatic heterocycles. The number of nitrogens with zero attached hydrogens (tertiary/aromatic N) is 1. The zero-order valence-corrected chi connectivity index (χ0v) is 22.6. The molecule has 4 heteroatoms. The lowest BCUT2D eigenvalue weighted by molar-refractivity contribution is -0.129. The molecule has 1 N–H and O–H groups in total. The van der Waals surface area contributed by atoms with Gasteiger partial charge in [0.25, 0.3) is 0 Å². The van der Waals surface area contributed by atoms with Crippen LogP contribution in [0.2, 0.25) is 0 Å². The predicted octanol–water partition coefficient (Wildman–Crippen LogP) is 7.15. The van der Waals surface area contributed by atoms with Crippen molar-refractivity contribution < 1.29 is 14.3 Å². The first-order chi connectivity index (χ1) is 17.2. The standard InChI is InChI=1S/C32H46FNO2/c1-20(4-11-30(36)34-17-14-21-18-23(33)6-10-29(21)34)26-8-9-27-25-7-5-22-19-24(35)12-15-31(22,2)28(25)13-16-32(26,27)3/h6,10,18,20,22,24-28,35H,4-5,7-9,11-17,19H2,1-3H3/t20-,22?,24-,25?,26-,27?,28?,31?,32?/m1/s1. The van der Waals surface area contributed by atoms with Gasteiger partial charge in [0.05, 0.1) is 6.10 Å². The van der Waals surface area contributed by atoms with Crippen molar-refractivity contribution in [1.82, 2.24) is 0 Å². The Labute approximate surface area is 217 Å². The van der Waals surface area contributed by atoms with E-state index in [-0.39, 0.29) is 17.8 Å². The first kappa shape index (κ1) is 24.9. The van der Waals surface area contributed by atoms with E-state index in [4.69, 9.17) is 0 Å². The quantitative estimate of drug-likeness (QED) is 0.482. The minimum Gasteiger partial charge on any atom is -0.393 e. The molecule has 5 aliphatic rings. The average molecular weight is 496 g/mol. The summed E-state index contributed by atoms with van der Waals surface area (Å²) in [7, 11) is 0. The van der Waals surface area contributed by atoms with E-state index in [9.17, 15) is 14.3 Å². The van der Waals surface area contributed by atoms with Crippen LogP contribution in [-0.4, -0.2) is 23.7 Å². The van der Waals surface area contributed by atoms with Crippen LogP contribution in [0.15, 0.2) is 18.2 Å². The molecule has 9 atom stereocenters. The molecule has 198 valence electrons. The molecule has 6 rings (SSSR count). The van der Waals surface area contributed by atoms with Crippen molar-refractivity contribution in [3.8, 4) is 0 Å². The molecule has 1 aromatic carbocycles. The molecule has 0 radical (unpaired) electrons. The summed E-state index contributed by atoms with van der Waals surface area (Å²) in [5.41, 5.74) is 2.74. The number of aliphatic hydroxyl groups is 1. The van der Waals surface area contributed by atoms with Gasteiger partial charge in [-0.2, -0.15) is 0 Å². The summed E-state index contributed by atoms with van der Waals surface area (Å²) in [6, 6.07) is 4.85. The number of carbonyl (C=O) groups is 1. The van der Waals surface area contributed by atoms with Gasteiger partial charge in [-0.15, -0.1) is 0 Å². The smallest absolute Gasteiger partial charge is 0.227 e. The Hall–Kier alpha value is -1.42. The second kappa shape index (κ2) is 9.10. The molecule has 1 heterocycles. The number of hydrogen-bond donors (Lipinski definition) is 1. The van der Waals surface area contributed by atoms with E-state index >= 15 is 0 Å². The fourth-order valence-corrected chi connectivity index (χ4v) is 10.5. The predicted molar refractivity (Wildman–Crippen MR) is 142 cm³/mol. The van der Waals surface area contributed by atoms with Crippen LogP contribution in [0.5, 0.6) is 0 Å². The van der Waals surface area contributed by atoms with Gasteiger partial charge >= 0.3 is 0 Å². The zero-order chi connectivity index (χ0) is 25.2. The Morgan fingerprint density at radius 1 is 1.08 bits per heavy atom. The fraction of sp³-hybridized carbons (Fsp3) is 0.781. The molecule has 1 amide bonds. The van der Waals surface area contributed by atoms with Crippen LogP contribution < -0.4 is 4.90 Å². The van der Waals surface area contributed by atoms with Crippen molar-refractivity contribution in [1.29, 1.82) is 0 Å². The van der Waals surface area contributed by atoms with Crippen molar-refractivity contribution >= 4 is 11.6 Å². The number of fused-ring (bicyclic) bond motifs is 6. The van der Waals surface area contributed by atoms with Crippen molar-refractivity contribution in [3.05, 3.63) is 29.6 Å². The Bertz CT molecular complexity index is 1010. The van der Waals surface area contributed by atoms with E-state index in [1.165, 1.54) is 51.0 Å². The third-order valence-corrected chi connectivity index (χ3v) is 12.4. The molecule has 4 saturated carbocycles. The Balaban J connectivity index is 1.10. The fourth-order valence-electron chi connectivity index (χ4n) is 10.5. The maximum absolute atomic E-state index is 13.6. The molecule has 3 nitrogen and oxygen atoms in total. The summed E-state index contributed by atoms with van der Waals surface area (Å²) in [6.45, 7) is 8.28. The van der Waals surface area contributed by atoms with Crippen LogP contribution in [0.1, 0.15) is 97.0 Å². The van der Waals surface area contributed by atoms with E-state index in [0.717, 1.165) is 66.5 Å². The minimum atomic E-state index is -0.209. The average Bonchev–Trinajstić information content (AvgIpc) is 3.43. The van der Waals surface area contributed by atoms with E-state index in [2.05, 4.69) is 20.8 Å². The molecule has 4 aliphatic carbocycles. The molecule has 0 saturated heterocycles. The second-order valence-corrected chi connectivity index (χ2v) is 13.9. The molecular formula is C32H46FNO2. The number of aliphatic hydroxyl groups excluding tert-OH is 1. The van der Waals surface area contributed by atoms with Crippen LogP contribution >= 0.6 is 0 Å². The third kappa shape index (κ3) is 3.87. The molecule has 0 aromatic heterocycles. The highest BCUT2D eigenvalue weighted by Gasteiger charge is 2.60. The van der Waals surface area contributed by atoms with Gasteiger partial charge in [-0.3, -0.25) is 4.79 Å². The number of benzene rings is 1. The van der Waals surface area contributed by atoms with E-state index in [1.54, 1.807) is 12.1 Å². The molecule has 0 spiro atoms. The van der Waals surface area contributed by atoms with Crippen LogP contribution in [0.3, 0.4) is 0 Å². The van der Waals surface area contributed by atoms with Gasteiger partial charge in [-0.25, -0.2) is 4.39 Å². The molecule has 0 bridgehead atoms. The Morgan fingerprint density at radius 3 is 2.69 bits per heavy atom. The normalized spacial score (nSPS) is 42.3. The van der Waals surface area contributed by atoms with Crippen molar-refractivity contribution in [2.75, 3.05) is 11.4 Å². The topological polar surface area (TPSA) is 40.5 Å². The largest absolute Gasteiger partial charge is 0.393 e. The lowest BCUT2D eigenvalue weighted by atomic mass is 9.44. The molecule has 36 heavy (non-hydrogen) atoms. The summed E-state index contributed by atoms with van der Waals surface area (Å²) >= 11 is 0. The van der Waals surface area contributed by atoms with Gasteiger partial charge in [0, 0.05) is 18.7 Å². The summed E-state index contributed by atoms with van der Waals surface area (Å²) in [6.07, 6.45) is 13.6. The third-order valence-electron chi connectivity index (χ3n) is 12.4. The highest BCUT2D eigenvalue weighted by molar-refractivity contribution is 5.95. The van der Waals surface area contributed by atoms with Gasteiger partial charge in [-0.05, 0) is 141 Å². The second-order valence-electron chi connectivity index (χ2n) is 13.9. The highest BCUT2D eigenvalue weighted by atomic mass is 19.1. The van der Waals surface area contributed by atoms with Crippen LogP contribution in [0, 0.1) is 52.2 Å². The SMILES string of the molecule is C[C@H](CCC(=O)N1CCc2cc(F)ccc21)[C@H]1CCC2C3CCC4C[C@H](O)CCC4(C)C3CCC21C. The maximum atomic E-state index is 13.6. The van der Waals surface area contributed by atoms with Crippen molar-refractivity contribution in [3.63, 3.8) is 0 Å². The van der Waals surface area contributed by atoms with Crippen molar-refractivity contribution in [2.45, 2.75) is 104 Å². The number of halogens is 1. The number of anilines is 1. The lowest BCUT2D eigenvalue weighted by Crippen LogP contribution is -2.54. The van der Waals surface area contributed by atoms with Crippen LogP contribution in [0.25, 0.3) is 0 Å². The molecule has 6 unspecified atom stereocenters. The molecule has 1 aromatic rings. The van der Waals surface area contributed by atoms with Gasteiger partial charge in [-0.1, -0.05) is 20.8 Å². The number of carbonyl (C=O) groups excluding carboxylic acids is 1. The van der Waals surface area contributed by atoms with E-state index < -0.39 is 0 Å². The first-order valence-electron chi connectivity index (χ1n) is 15.0. The highest BCUT2D eigenvalue weighted by Crippen LogP contribution is 2.68. The van der Waals surface area contributed by atoms with Gasteiger partial charge in [0.15, 0.2) is 0 Å². The maximum Gasteiger partial charge on any atom is 0.227 e. The Kier molecular flexibility index (Phi) is 6.29. The van der Waals surface area contributed by atoms with Crippen LogP contribution in [-0.2, 0) is 11.2 Å². The first-order valence-corrected chi connectivity index (χ1v) is 15.0. The number of amides is 1. The minimum absolute atomic E-state index is 0.0666. The molecule has 4 fully saturated rings. The van der Waals surface area contributed by atoms with Gasteiger partial charge in [0.2, 0.25) is 5.91 Å².